The van der Waals surface area contributed by atoms with E-state index in [-0.39, 0.29) is 18.5 Å². The van der Waals surface area contributed by atoms with Crippen molar-refractivity contribution < 1.29 is 9.63 Å². The Hall–Kier alpha value is -0.610. The summed E-state index contributed by atoms with van der Waals surface area (Å²) in [5.74, 6) is 0.458. The molecule has 0 aliphatic rings. The van der Waals surface area contributed by atoms with Gasteiger partial charge in [0.25, 0.3) is 0 Å². The van der Waals surface area contributed by atoms with E-state index in [1.54, 1.807) is 0 Å². The minimum atomic E-state index is -0.0142. The highest BCUT2D eigenvalue weighted by atomic mass is 16.6. The summed E-state index contributed by atoms with van der Waals surface area (Å²) in [6, 6.07) is 0.245. The number of hydroxylamine groups is 1. The molecule has 0 heterocycles. The molecule has 4 heteroatoms. The maximum Gasteiger partial charge on any atom is 0.236 e. The van der Waals surface area contributed by atoms with Crippen LogP contribution in [0.2, 0.25) is 0 Å². The van der Waals surface area contributed by atoms with Crippen molar-refractivity contribution in [3.63, 3.8) is 0 Å². The average Bonchev–Trinajstić information content (AvgIpc) is 2.12. The lowest BCUT2D eigenvalue weighted by Gasteiger charge is -2.13. The Morgan fingerprint density at radius 3 is 2.53 bits per heavy atom. The first-order valence-electron chi connectivity index (χ1n) is 5.70. The summed E-state index contributed by atoms with van der Waals surface area (Å²) in [5.41, 5.74) is 2.65. The molecule has 0 aliphatic carbocycles. The van der Waals surface area contributed by atoms with Crippen LogP contribution in [0.15, 0.2) is 0 Å². The van der Waals surface area contributed by atoms with Crippen molar-refractivity contribution >= 4 is 5.91 Å². The lowest BCUT2D eigenvalue weighted by atomic mass is 10.2. The van der Waals surface area contributed by atoms with E-state index in [9.17, 15) is 4.79 Å². The fourth-order valence-corrected chi connectivity index (χ4v) is 1.17. The van der Waals surface area contributed by atoms with Gasteiger partial charge in [-0.05, 0) is 19.3 Å². The molecule has 0 spiro atoms. The zero-order valence-electron chi connectivity index (χ0n) is 10.3. The lowest BCUT2D eigenvalue weighted by Crippen LogP contribution is -2.39. The number of carbonyl (C=O) groups excluding carboxylic acids is 1. The molecule has 0 rings (SSSR count). The highest BCUT2D eigenvalue weighted by Gasteiger charge is 2.05. The SMILES string of the molecule is CCCC(C)NC(=O)CNOCC(C)C. The van der Waals surface area contributed by atoms with Gasteiger partial charge < -0.3 is 10.2 Å². The minimum absolute atomic E-state index is 0.0142. The van der Waals surface area contributed by atoms with E-state index in [0.29, 0.717) is 12.5 Å². The third kappa shape index (κ3) is 9.69. The molecule has 2 N–H and O–H groups in total. The second kappa shape index (κ2) is 8.68. The van der Waals surface area contributed by atoms with Gasteiger partial charge >= 0.3 is 0 Å². The van der Waals surface area contributed by atoms with Gasteiger partial charge in [-0.3, -0.25) is 4.79 Å². The Bertz CT molecular complexity index is 172. The zero-order chi connectivity index (χ0) is 11.7. The summed E-state index contributed by atoms with van der Waals surface area (Å²) >= 11 is 0. The summed E-state index contributed by atoms with van der Waals surface area (Å²) in [4.78, 5) is 16.4. The van der Waals surface area contributed by atoms with Gasteiger partial charge in [0.1, 0.15) is 0 Å². The monoisotopic (exact) mass is 216 g/mol. The molecule has 0 bridgehead atoms. The summed E-state index contributed by atoms with van der Waals surface area (Å²) in [6.45, 7) is 9.08. The Morgan fingerprint density at radius 2 is 2.00 bits per heavy atom. The minimum Gasteiger partial charge on any atom is -0.352 e. The second-order valence-corrected chi connectivity index (χ2v) is 4.28. The predicted octanol–water partition coefficient (Wildman–Crippen LogP) is 1.47. The van der Waals surface area contributed by atoms with Crippen LogP contribution in [0.1, 0.15) is 40.5 Å². The lowest BCUT2D eigenvalue weighted by molar-refractivity contribution is -0.123. The molecule has 1 atom stereocenters. The molecule has 15 heavy (non-hydrogen) atoms. The van der Waals surface area contributed by atoms with Crippen molar-refractivity contribution in [2.75, 3.05) is 13.2 Å². The van der Waals surface area contributed by atoms with Crippen molar-refractivity contribution in [3.8, 4) is 0 Å². The average molecular weight is 216 g/mol. The van der Waals surface area contributed by atoms with Crippen molar-refractivity contribution in [1.82, 2.24) is 10.8 Å². The smallest absolute Gasteiger partial charge is 0.236 e. The summed E-state index contributed by atoms with van der Waals surface area (Å²) in [5, 5.41) is 2.89. The molecule has 1 amide bonds. The van der Waals surface area contributed by atoms with Crippen LogP contribution < -0.4 is 10.8 Å². The fourth-order valence-electron chi connectivity index (χ4n) is 1.17. The molecule has 0 radical (unpaired) electrons. The Kier molecular flexibility index (Phi) is 8.33. The number of rotatable bonds is 8. The van der Waals surface area contributed by atoms with Crippen LogP contribution in [0, 0.1) is 5.92 Å². The van der Waals surface area contributed by atoms with Gasteiger partial charge in [-0.15, -0.1) is 0 Å². The number of hydrogen-bond donors (Lipinski definition) is 2. The van der Waals surface area contributed by atoms with Crippen molar-refractivity contribution in [2.24, 2.45) is 5.92 Å². The fraction of sp³-hybridized carbons (Fsp3) is 0.909. The van der Waals surface area contributed by atoms with E-state index in [1.165, 1.54) is 0 Å². The highest BCUT2D eigenvalue weighted by Crippen LogP contribution is 1.94. The normalized spacial score (nSPS) is 12.9. The van der Waals surface area contributed by atoms with Gasteiger partial charge in [-0.2, -0.15) is 5.48 Å². The van der Waals surface area contributed by atoms with Crippen molar-refractivity contribution in [3.05, 3.63) is 0 Å². The van der Waals surface area contributed by atoms with E-state index < -0.39 is 0 Å². The molecule has 0 aromatic carbocycles. The van der Waals surface area contributed by atoms with Crippen LogP contribution in [0.5, 0.6) is 0 Å². The maximum atomic E-state index is 11.3. The standard InChI is InChI=1S/C11H24N2O2/c1-5-6-10(4)13-11(14)7-12-15-8-9(2)3/h9-10,12H,5-8H2,1-4H3,(H,13,14). The van der Waals surface area contributed by atoms with Crippen LogP contribution in [0.3, 0.4) is 0 Å². The van der Waals surface area contributed by atoms with Crippen LogP contribution in [0.25, 0.3) is 0 Å². The summed E-state index contributed by atoms with van der Waals surface area (Å²) < 4.78 is 0. The van der Waals surface area contributed by atoms with E-state index >= 15 is 0 Å². The molecule has 0 aromatic rings. The summed E-state index contributed by atoms with van der Waals surface area (Å²) in [6.07, 6.45) is 2.09. The van der Waals surface area contributed by atoms with Gasteiger partial charge in [0, 0.05) is 6.04 Å². The quantitative estimate of drug-likeness (QED) is 0.477. The number of amides is 1. The van der Waals surface area contributed by atoms with E-state index in [1.807, 2.05) is 6.92 Å². The van der Waals surface area contributed by atoms with E-state index in [2.05, 4.69) is 31.6 Å². The predicted molar refractivity (Wildman–Crippen MR) is 61.3 cm³/mol. The molecule has 0 fully saturated rings. The van der Waals surface area contributed by atoms with Gasteiger partial charge in [0.05, 0.1) is 13.2 Å². The third-order valence-electron chi connectivity index (χ3n) is 1.88. The van der Waals surface area contributed by atoms with Gasteiger partial charge in [0.15, 0.2) is 0 Å². The molecule has 90 valence electrons. The largest absolute Gasteiger partial charge is 0.352 e. The highest BCUT2D eigenvalue weighted by molar-refractivity contribution is 5.78. The van der Waals surface area contributed by atoms with Crippen molar-refractivity contribution in [2.45, 2.75) is 46.6 Å². The summed E-state index contributed by atoms with van der Waals surface area (Å²) in [7, 11) is 0. The second-order valence-electron chi connectivity index (χ2n) is 4.28. The van der Waals surface area contributed by atoms with Gasteiger partial charge in [-0.1, -0.05) is 27.2 Å². The van der Waals surface area contributed by atoms with Crippen LogP contribution in [-0.4, -0.2) is 25.1 Å². The first-order valence-corrected chi connectivity index (χ1v) is 5.70. The van der Waals surface area contributed by atoms with Gasteiger partial charge in [-0.25, -0.2) is 0 Å². The Balaban J connectivity index is 3.40. The molecule has 0 aromatic heterocycles. The topological polar surface area (TPSA) is 50.4 Å². The molecule has 1 unspecified atom stereocenters. The first kappa shape index (κ1) is 14.4. The number of nitrogens with one attached hydrogen (secondary N) is 2. The van der Waals surface area contributed by atoms with Crippen molar-refractivity contribution in [1.29, 1.82) is 0 Å². The van der Waals surface area contributed by atoms with Crippen LogP contribution in [0.4, 0.5) is 0 Å². The Morgan fingerprint density at radius 1 is 1.33 bits per heavy atom. The molecule has 4 nitrogen and oxygen atoms in total. The Labute approximate surface area is 92.7 Å². The van der Waals surface area contributed by atoms with E-state index in [4.69, 9.17) is 4.84 Å². The van der Waals surface area contributed by atoms with Crippen LogP contribution in [-0.2, 0) is 9.63 Å². The molecule has 0 aliphatic heterocycles. The third-order valence-corrected chi connectivity index (χ3v) is 1.88. The number of hydrogen-bond acceptors (Lipinski definition) is 3. The van der Waals surface area contributed by atoms with Crippen LogP contribution >= 0.6 is 0 Å². The number of carbonyl (C=O) groups is 1. The zero-order valence-corrected chi connectivity index (χ0v) is 10.3. The van der Waals surface area contributed by atoms with Gasteiger partial charge in [0.2, 0.25) is 5.91 Å². The first-order chi connectivity index (χ1) is 7.06. The van der Waals surface area contributed by atoms with E-state index in [0.717, 1.165) is 12.8 Å². The molecule has 0 saturated heterocycles. The maximum absolute atomic E-state index is 11.3. The molecular formula is C11H24N2O2. The molecule has 0 saturated carbocycles. The molecular weight excluding hydrogens is 192 g/mol.